The highest BCUT2D eigenvalue weighted by atomic mass is 32.2. The monoisotopic (exact) mass is 399 g/mol. The van der Waals surface area contributed by atoms with Gasteiger partial charge < -0.3 is 10.2 Å². The summed E-state index contributed by atoms with van der Waals surface area (Å²) in [5.74, 6) is 0. The maximum atomic E-state index is 12.7. The van der Waals surface area contributed by atoms with Gasteiger partial charge in [0.05, 0.1) is 6.26 Å². The fourth-order valence-electron chi connectivity index (χ4n) is 3.89. The van der Waals surface area contributed by atoms with Gasteiger partial charge in [-0.2, -0.15) is 17.5 Å². The molecule has 26 heavy (non-hydrogen) atoms. The van der Waals surface area contributed by atoms with E-state index in [0.717, 1.165) is 25.5 Å². The van der Waals surface area contributed by atoms with Crippen molar-refractivity contribution in [3.63, 3.8) is 0 Å². The number of nitrogens with zero attached hydrogens (tertiary/aromatic N) is 2. The van der Waals surface area contributed by atoms with Crippen molar-refractivity contribution in [2.45, 2.75) is 64.2 Å². The summed E-state index contributed by atoms with van der Waals surface area (Å²) in [6, 6.07) is -0.866. The highest BCUT2D eigenvalue weighted by molar-refractivity contribution is 7.88. The summed E-state index contributed by atoms with van der Waals surface area (Å²) in [6.45, 7) is 3.22. The van der Waals surface area contributed by atoms with E-state index in [9.17, 15) is 26.4 Å². The van der Waals surface area contributed by atoms with E-state index in [0.29, 0.717) is 4.31 Å². The number of likely N-dealkylation sites (tertiary alicyclic amines) is 1. The Hall–Kier alpha value is -1.03. The summed E-state index contributed by atoms with van der Waals surface area (Å²) in [5, 5.41) is 3.03. The first-order valence-corrected chi connectivity index (χ1v) is 10.7. The van der Waals surface area contributed by atoms with Crippen LogP contribution in [0, 0.1) is 5.41 Å². The molecule has 2 aliphatic rings. The maximum Gasteiger partial charge on any atom is 0.402 e. The molecule has 152 valence electrons. The number of hydrogen-bond donors (Lipinski definition) is 1. The van der Waals surface area contributed by atoms with Crippen LogP contribution in [0.4, 0.5) is 18.0 Å². The number of carbonyl (C=O) groups is 1. The van der Waals surface area contributed by atoms with Crippen molar-refractivity contribution in [2.75, 3.05) is 25.9 Å². The summed E-state index contributed by atoms with van der Waals surface area (Å²) in [4.78, 5) is 14.0. The van der Waals surface area contributed by atoms with Gasteiger partial charge in [-0.15, -0.1) is 0 Å². The topological polar surface area (TPSA) is 69.7 Å². The molecule has 0 spiro atoms. The van der Waals surface area contributed by atoms with Crippen molar-refractivity contribution in [1.29, 1.82) is 0 Å². The van der Waals surface area contributed by atoms with Crippen molar-refractivity contribution in [3.8, 4) is 0 Å². The quantitative estimate of drug-likeness (QED) is 0.790. The van der Waals surface area contributed by atoms with Gasteiger partial charge in [-0.25, -0.2) is 13.2 Å². The number of alkyl halides is 3. The summed E-state index contributed by atoms with van der Waals surface area (Å²) < 4.78 is 62.2. The molecule has 0 bridgehead atoms. The maximum absolute atomic E-state index is 12.7. The molecular weight excluding hydrogens is 371 g/mol. The van der Waals surface area contributed by atoms with Gasteiger partial charge in [0, 0.05) is 25.2 Å². The molecule has 1 aliphatic carbocycles. The van der Waals surface area contributed by atoms with Gasteiger partial charge in [0.15, 0.2) is 0 Å². The Labute approximate surface area is 153 Å². The predicted molar refractivity (Wildman–Crippen MR) is 92.2 cm³/mol. The number of nitrogens with one attached hydrogen (secondary N) is 1. The van der Waals surface area contributed by atoms with Crippen LogP contribution < -0.4 is 5.32 Å². The number of amides is 2. The Kier molecular flexibility index (Phi) is 6.16. The predicted octanol–water partition coefficient (Wildman–Crippen LogP) is 2.56. The molecule has 2 amide bonds. The molecule has 2 fully saturated rings. The van der Waals surface area contributed by atoms with Gasteiger partial charge in [0.1, 0.15) is 6.54 Å². The highest BCUT2D eigenvalue weighted by Gasteiger charge is 2.41. The number of sulfonamides is 1. The van der Waals surface area contributed by atoms with Crippen LogP contribution in [-0.2, 0) is 10.0 Å². The average molecular weight is 399 g/mol. The fourth-order valence-corrected chi connectivity index (χ4v) is 5.02. The van der Waals surface area contributed by atoms with E-state index in [2.05, 4.69) is 19.2 Å². The minimum Gasteiger partial charge on any atom is -0.335 e. The van der Waals surface area contributed by atoms with E-state index < -0.39 is 28.8 Å². The summed E-state index contributed by atoms with van der Waals surface area (Å²) in [6.07, 6.45) is -0.384. The Bertz CT molecular complexity index is 614. The first kappa shape index (κ1) is 21.3. The zero-order valence-electron chi connectivity index (χ0n) is 15.5. The van der Waals surface area contributed by atoms with Crippen LogP contribution >= 0.6 is 0 Å². The SMILES string of the molecule is CC1(C)CCCC1NC(=O)N1CCC(N(CC(F)(F)F)S(C)(=O)=O)CC1. The lowest BCUT2D eigenvalue weighted by Crippen LogP contribution is -2.54. The molecule has 1 aliphatic heterocycles. The van der Waals surface area contributed by atoms with Gasteiger partial charge >= 0.3 is 12.2 Å². The molecule has 1 unspecified atom stereocenters. The van der Waals surface area contributed by atoms with Gasteiger partial charge in [0.25, 0.3) is 0 Å². The smallest absolute Gasteiger partial charge is 0.335 e. The van der Waals surface area contributed by atoms with E-state index in [-0.39, 0.29) is 43.4 Å². The number of urea groups is 1. The fraction of sp³-hybridized carbons (Fsp3) is 0.938. The molecule has 0 aromatic rings. The molecule has 6 nitrogen and oxygen atoms in total. The lowest BCUT2D eigenvalue weighted by atomic mass is 9.87. The van der Waals surface area contributed by atoms with Gasteiger partial charge in [-0.3, -0.25) is 0 Å². The lowest BCUT2D eigenvalue weighted by molar-refractivity contribution is -0.140. The van der Waals surface area contributed by atoms with Crippen LogP contribution in [0.25, 0.3) is 0 Å². The minimum absolute atomic E-state index is 0.0355. The second-order valence-electron chi connectivity index (χ2n) is 8.02. The first-order valence-electron chi connectivity index (χ1n) is 8.88. The van der Waals surface area contributed by atoms with Crippen LogP contribution in [0.15, 0.2) is 0 Å². The Morgan fingerprint density at radius 3 is 2.23 bits per heavy atom. The molecule has 1 saturated heterocycles. The van der Waals surface area contributed by atoms with Gasteiger partial charge in [-0.1, -0.05) is 20.3 Å². The molecule has 1 N–H and O–H groups in total. The second kappa shape index (κ2) is 7.53. The molecule has 0 radical (unpaired) electrons. The van der Waals surface area contributed by atoms with Crippen molar-refractivity contribution in [2.24, 2.45) is 5.41 Å². The molecule has 10 heteroatoms. The third-order valence-electron chi connectivity index (χ3n) is 5.48. The van der Waals surface area contributed by atoms with Crippen LogP contribution in [0.5, 0.6) is 0 Å². The van der Waals surface area contributed by atoms with E-state index >= 15 is 0 Å². The summed E-state index contributed by atoms with van der Waals surface area (Å²) in [5.41, 5.74) is 0.0355. The third-order valence-corrected chi connectivity index (χ3v) is 6.75. The molecule has 1 atom stereocenters. The van der Waals surface area contributed by atoms with Gasteiger partial charge in [0.2, 0.25) is 10.0 Å². The largest absolute Gasteiger partial charge is 0.402 e. The van der Waals surface area contributed by atoms with Crippen LogP contribution in [0.2, 0.25) is 0 Å². The van der Waals surface area contributed by atoms with Crippen molar-refractivity contribution < 1.29 is 26.4 Å². The average Bonchev–Trinajstić information content (AvgIpc) is 2.82. The molecule has 0 aromatic heterocycles. The first-order chi connectivity index (χ1) is 11.8. The number of hydrogen-bond acceptors (Lipinski definition) is 3. The minimum atomic E-state index is -4.59. The zero-order valence-corrected chi connectivity index (χ0v) is 16.3. The Balaban J connectivity index is 1.93. The van der Waals surface area contributed by atoms with Crippen LogP contribution in [-0.4, -0.2) is 67.8 Å². The van der Waals surface area contributed by atoms with E-state index in [1.807, 2.05) is 0 Å². The van der Waals surface area contributed by atoms with E-state index in [1.165, 1.54) is 0 Å². The Morgan fingerprint density at radius 2 is 1.81 bits per heavy atom. The summed E-state index contributed by atoms with van der Waals surface area (Å²) >= 11 is 0. The van der Waals surface area contributed by atoms with Gasteiger partial charge in [-0.05, 0) is 31.1 Å². The Morgan fingerprint density at radius 1 is 1.23 bits per heavy atom. The number of carbonyl (C=O) groups excluding carboxylic acids is 1. The molecule has 0 aromatic carbocycles. The highest BCUT2D eigenvalue weighted by Crippen LogP contribution is 2.37. The van der Waals surface area contributed by atoms with Crippen LogP contribution in [0.3, 0.4) is 0 Å². The molecule has 1 heterocycles. The van der Waals surface area contributed by atoms with Crippen molar-refractivity contribution in [3.05, 3.63) is 0 Å². The normalized spacial score (nSPS) is 24.9. The molecule has 2 rings (SSSR count). The summed E-state index contributed by atoms with van der Waals surface area (Å²) in [7, 11) is -3.98. The van der Waals surface area contributed by atoms with E-state index in [1.54, 1.807) is 4.90 Å². The van der Waals surface area contributed by atoms with Crippen molar-refractivity contribution >= 4 is 16.1 Å². The second-order valence-corrected chi connectivity index (χ2v) is 9.96. The number of piperidine rings is 1. The van der Waals surface area contributed by atoms with E-state index in [4.69, 9.17) is 0 Å². The van der Waals surface area contributed by atoms with Crippen molar-refractivity contribution in [1.82, 2.24) is 14.5 Å². The van der Waals surface area contributed by atoms with Crippen LogP contribution in [0.1, 0.15) is 46.0 Å². The lowest BCUT2D eigenvalue weighted by Gasteiger charge is -2.38. The molecular formula is C16H28F3N3O3S. The molecule has 1 saturated carbocycles. The standard InChI is InChI=1S/C16H28F3N3O3S/c1-15(2)8-4-5-13(15)20-14(23)21-9-6-12(7-10-21)22(26(3,24)25)11-16(17,18)19/h12-13H,4-11H2,1-3H3,(H,20,23). The third kappa shape index (κ3) is 5.48. The zero-order chi connectivity index (χ0) is 19.8. The number of rotatable bonds is 4. The number of halogens is 3.